The van der Waals surface area contributed by atoms with Gasteiger partial charge >= 0.3 is 0 Å². The maximum Gasteiger partial charge on any atom is 0.240 e. The lowest BCUT2D eigenvalue weighted by atomic mass is 10.2. The molecule has 1 heterocycles. The Kier molecular flexibility index (Phi) is 7.57. The van der Waals surface area contributed by atoms with Gasteiger partial charge in [-0.2, -0.15) is 0 Å². The zero-order valence-electron chi connectivity index (χ0n) is 16.8. The number of benzene rings is 2. The Morgan fingerprint density at radius 3 is 2.72 bits per heavy atom. The topological polar surface area (TPSA) is 73.8 Å². The predicted molar refractivity (Wildman–Crippen MR) is 120 cm³/mol. The first-order valence-corrected chi connectivity index (χ1v) is 12.1. The van der Waals surface area contributed by atoms with Gasteiger partial charge in [0.25, 0.3) is 0 Å². The molecule has 0 bridgehead atoms. The van der Waals surface area contributed by atoms with E-state index >= 15 is 0 Å². The van der Waals surface area contributed by atoms with Crippen LogP contribution in [-0.2, 0) is 16.6 Å². The van der Waals surface area contributed by atoms with E-state index in [1.54, 1.807) is 25.2 Å². The maximum atomic E-state index is 12.0. The summed E-state index contributed by atoms with van der Waals surface area (Å²) in [5, 5.41) is 3.37. The number of likely N-dealkylation sites (tertiary alicyclic amines) is 1. The third-order valence-electron chi connectivity index (χ3n) is 4.95. The second-order valence-corrected chi connectivity index (χ2v) is 9.96. The lowest BCUT2D eigenvalue weighted by Gasteiger charge is -2.22. The van der Waals surface area contributed by atoms with Crippen LogP contribution < -0.4 is 10.0 Å². The van der Waals surface area contributed by atoms with Gasteiger partial charge in [-0.15, -0.1) is 11.8 Å². The molecule has 0 aromatic heterocycles. The van der Waals surface area contributed by atoms with E-state index in [1.165, 1.54) is 11.9 Å². The van der Waals surface area contributed by atoms with Gasteiger partial charge in [-0.05, 0) is 49.2 Å². The van der Waals surface area contributed by atoms with E-state index in [2.05, 4.69) is 44.2 Å². The summed E-state index contributed by atoms with van der Waals surface area (Å²) in [7, 11) is -0.231. The van der Waals surface area contributed by atoms with Gasteiger partial charge in [-0.3, -0.25) is 4.99 Å². The minimum absolute atomic E-state index is 0.272. The average Bonchev–Trinajstić information content (AvgIpc) is 3.22. The molecule has 3 rings (SSSR count). The highest BCUT2D eigenvalue weighted by atomic mass is 32.2. The van der Waals surface area contributed by atoms with Crippen LogP contribution in [0.25, 0.3) is 0 Å². The lowest BCUT2D eigenvalue weighted by Crippen LogP contribution is -2.39. The molecule has 1 aliphatic rings. The Hall–Kier alpha value is -2.03. The van der Waals surface area contributed by atoms with Crippen LogP contribution in [0.3, 0.4) is 0 Å². The average molecular weight is 433 g/mol. The normalized spacial score (nSPS) is 17.5. The van der Waals surface area contributed by atoms with Gasteiger partial charge in [-0.1, -0.05) is 30.3 Å². The Bertz CT molecular complexity index is 933. The second kappa shape index (κ2) is 10.1. The summed E-state index contributed by atoms with van der Waals surface area (Å²) in [6, 6.07) is 17.5. The first-order chi connectivity index (χ1) is 14.0. The van der Waals surface area contributed by atoms with Gasteiger partial charge in [0.2, 0.25) is 10.0 Å². The third-order valence-corrected chi connectivity index (χ3v) is 7.61. The van der Waals surface area contributed by atoms with Crippen LogP contribution >= 0.6 is 11.8 Å². The van der Waals surface area contributed by atoms with Crippen molar-refractivity contribution in [2.45, 2.75) is 22.8 Å². The molecule has 0 saturated carbocycles. The fourth-order valence-electron chi connectivity index (χ4n) is 3.35. The van der Waals surface area contributed by atoms with Crippen molar-refractivity contribution in [3.05, 3.63) is 60.2 Å². The van der Waals surface area contributed by atoms with Crippen molar-refractivity contribution in [3.63, 3.8) is 0 Å². The standard InChI is InChI=1S/C21H28N4O2S2/c1-22-21(24-14-17-7-6-10-20(13-17)29(26,27)23-2)25-12-11-18(15-25)16-28-19-8-4-3-5-9-19/h3-10,13,18,23H,11-12,14-16H2,1-2H3,(H,22,24). The molecule has 6 nitrogen and oxygen atoms in total. The second-order valence-electron chi connectivity index (χ2n) is 6.98. The predicted octanol–water partition coefficient (Wildman–Crippen LogP) is 2.78. The summed E-state index contributed by atoms with van der Waals surface area (Å²) in [4.78, 5) is 8.28. The summed E-state index contributed by atoms with van der Waals surface area (Å²) in [6.07, 6.45) is 1.15. The summed E-state index contributed by atoms with van der Waals surface area (Å²) in [5.74, 6) is 2.59. The summed E-state index contributed by atoms with van der Waals surface area (Å²) in [6.45, 7) is 2.49. The van der Waals surface area contributed by atoms with E-state index in [9.17, 15) is 8.42 Å². The van der Waals surface area contributed by atoms with Gasteiger partial charge in [-0.25, -0.2) is 13.1 Å². The van der Waals surface area contributed by atoms with Gasteiger partial charge < -0.3 is 10.2 Å². The molecule has 8 heteroatoms. The highest BCUT2D eigenvalue weighted by Gasteiger charge is 2.25. The van der Waals surface area contributed by atoms with Crippen LogP contribution in [0.2, 0.25) is 0 Å². The molecule has 0 radical (unpaired) electrons. The Morgan fingerprint density at radius 1 is 1.21 bits per heavy atom. The molecule has 1 atom stereocenters. The SMILES string of the molecule is CN=C(NCc1cccc(S(=O)(=O)NC)c1)N1CCC(CSc2ccccc2)C1. The highest BCUT2D eigenvalue weighted by Crippen LogP contribution is 2.25. The van der Waals surface area contributed by atoms with Gasteiger partial charge in [0, 0.05) is 37.3 Å². The lowest BCUT2D eigenvalue weighted by molar-refractivity contribution is 0.474. The summed E-state index contributed by atoms with van der Waals surface area (Å²) < 4.78 is 26.3. The van der Waals surface area contributed by atoms with Gasteiger partial charge in [0.05, 0.1) is 4.90 Å². The largest absolute Gasteiger partial charge is 0.352 e. The van der Waals surface area contributed by atoms with E-state index in [0.29, 0.717) is 12.5 Å². The molecule has 1 unspecified atom stereocenters. The number of sulfonamides is 1. The monoisotopic (exact) mass is 432 g/mol. The van der Waals surface area contributed by atoms with E-state index in [1.807, 2.05) is 23.9 Å². The number of nitrogens with one attached hydrogen (secondary N) is 2. The number of rotatable bonds is 7. The number of thioether (sulfide) groups is 1. The molecule has 1 fully saturated rings. The molecule has 0 amide bonds. The zero-order chi connectivity index (χ0) is 20.7. The number of hydrogen-bond acceptors (Lipinski definition) is 4. The van der Waals surface area contributed by atoms with Crippen LogP contribution in [0.15, 0.2) is 69.4 Å². The smallest absolute Gasteiger partial charge is 0.240 e. The van der Waals surface area contributed by atoms with E-state index in [4.69, 9.17) is 0 Å². The maximum absolute atomic E-state index is 12.0. The third kappa shape index (κ3) is 5.98. The fourth-order valence-corrected chi connectivity index (χ4v) is 5.20. The molecule has 2 aromatic rings. The van der Waals surface area contributed by atoms with Crippen molar-refractivity contribution < 1.29 is 8.42 Å². The molecule has 156 valence electrons. The number of nitrogens with zero attached hydrogens (tertiary/aromatic N) is 2. The number of guanidine groups is 1. The van der Waals surface area contributed by atoms with Crippen molar-refractivity contribution in [2.75, 3.05) is 32.9 Å². The zero-order valence-corrected chi connectivity index (χ0v) is 18.5. The first-order valence-electron chi connectivity index (χ1n) is 9.68. The molecule has 29 heavy (non-hydrogen) atoms. The summed E-state index contributed by atoms with van der Waals surface area (Å²) in [5.41, 5.74) is 0.901. The minimum atomic E-state index is -3.44. The van der Waals surface area contributed by atoms with Crippen LogP contribution in [0.1, 0.15) is 12.0 Å². The number of hydrogen-bond donors (Lipinski definition) is 2. The van der Waals surface area contributed by atoms with Crippen LogP contribution in [0.4, 0.5) is 0 Å². The Morgan fingerprint density at radius 2 is 2.00 bits per heavy atom. The van der Waals surface area contributed by atoms with Gasteiger partial charge in [0.15, 0.2) is 5.96 Å². The molecule has 2 aromatic carbocycles. The van der Waals surface area contributed by atoms with Crippen LogP contribution in [-0.4, -0.2) is 52.2 Å². The van der Waals surface area contributed by atoms with E-state index < -0.39 is 10.0 Å². The quantitative estimate of drug-likeness (QED) is 0.400. The van der Waals surface area contributed by atoms with E-state index in [0.717, 1.165) is 36.8 Å². The van der Waals surface area contributed by atoms with Crippen LogP contribution in [0, 0.1) is 5.92 Å². The fraction of sp³-hybridized carbons (Fsp3) is 0.381. The molecule has 1 saturated heterocycles. The first kappa shape index (κ1) is 21.7. The molecule has 1 aliphatic heterocycles. The Balaban J connectivity index is 1.53. The number of aliphatic imine (C=N–C) groups is 1. The minimum Gasteiger partial charge on any atom is -0.352 e. The van der Waals surface area contributed by atoms with Gasteiger partial charge in [0.1, 0.15) is 0 Å². The van der Waals surface area contributed by atoms with Crippen molar-refractivity contribution in [3.8, 4) is 0 Å². The molecule has 2 N–H and O–H groups in total. The van der Waals surface area contributed by atoms with Crippen molar-refractivity contribution in [2.24, 2.45) is 10.9 Å². The molecular formula is C21H28N4O2S2. The molecule has 0 spiro atoms. The van der Waals surface area contributed by atoms with Crippen molar-refractivity contribution in [1.29, 1.82) is 0 Å². The molecular weight excluding hydrogens is 404 g/mol. The van der Waals surface area contributed by atoms with Crippen molar-refractivity contribution >= 4 is 27.7 Å². The molecule has 0 aliphatic carbocycles. The summed E-state index contributed by atoms with van der Waals surface area (Å²) >= 11 is 1.91. The highest BCUT2D eigenvalue weighted by molar-refractivity contribution is 7.99. The Labute approximate surface area is 177 Å². The van der Waals surface area contributed by atoms with Crippen LogP contribution in [0.5, 0.6) is 0 Å². The van der Waals surface area contributed by atoms with Crippen molar-refractivity contribution in [1.82, 2.24) is 14.9 Å². The van der Waals surface area contributed by atoms with E-state index in [-0.39, 0.29) is 4.90 Å².